The zero-order valence-corrected chi connectivity index (χ0v) is 12.0. The summed E-state index contributed by atoms with van der Waals surface area (Å²) in [5, 5.41) is 0.0323. The molecule has 1 unspecified atom stereocenters. The van der Waals surface area contributed by atoms with Crippen LogP contribution in [0.15, 0.2) is 53.0 Å². The van der Waals surface area contributed by atoms with E-state index in [-0.39, 0.29) is 5.38 Å². The maximum Gasteiger partial charge on any atom is 0.0625 e. The zero-order valence-electron chi connectivity index (χ0n) is 9.66. The quantitative estimate of drug-likeness (QED) is 0.677. The molecular weight excluding hydrogens is 296 g/mol. The lowest BCUT2D eigenvalue weighted by Gasteiger charge is -2.10. The Morgan fingerprint density at radius 1 is 1.12 bits per heavy atom. The predicted molar refractivity (Wildman–Crippen MR) is 77.6 cm³/mol. The van der Waals surface area contributed by atoms with Crippen LogP contribution in [0.25, 0.3) is 0 Å². The van der Waals surface area contributed by atoms with Crippen molar-refractivity contribution in [3.8, 4) is 0 Å². The molecule has 0 bridgehead atoms. The van der Waals surface area contributed by atoms with Gasteiger partial charge < -0.3 is 0 Å². The molecule has 0 fully saturated rings. The average molecular weight is 310 g/mol. The van der Waals surface area contributed by atoms with E-state index in [4.69, 9.17) is 11.6 Å². The first-order chi connectivity index (χ1) is 8.15. The molecule has 0 aliphatic rings. The smallest absolute Gasteiger partial charge is 0.0625 e. The second-order valence-corrected chi connectivity index (χ2v) is 5.65. The lowest BCUT2D eigenvalue weighted by atomic mass is 10.0. The van der Waals surface area contributed by atoms with Crippen molar-refractivity contribution >= 4 is 27.5 Å². The Kier molecular flexibility index (Phi) is 4.25. The van der Waals surface area contributed by atoms with Gasteiger partial charge in [-0.3, -0.25) is 0 Å². The van der Waals surface area contributed by atoms with E-state index in [1.54, 1.807) is 0 Å². The van der Waals surface area contributed by atoms with E-state index in [1.807, 2.05) is 12.1 Å². The highest BCUT2D eigenvalue weighted by atomic mass is 79.9. The second kappa shape index (κ2) is 5.70. The van der Waals surface area contributed by atoms with Gasteiger partial charge in [-0.1, -0.05) is 57.9 Å². The Bertz CT molecular complexity index is 491. The summed E-state index contributed by atoms with van der Waals surface area (Å²) in [5.74, 6) is 0. The summed E-state index contributed by atoms with van der Waals surface area (Å²) in [7, 11) is 0. The Labute approximate surface area is 116 Å². The molecule has 0 N–H and O–H groups in total. The molecular formula is C15H14BrCl. The van der Waals surface area contributed by atoms with Crippen molar-refractivity contribution in [3.63, 3.8) is 0 Å². The van der Waals surface area contributed by atoms with Crippen LogP contribution in [0.3, 0.4) is 0 Å². The number of rotatable bonds is 3. The molecule has 0 saturated heterocycles. The third kappa shape index (κ3) is 3.58. The van der Waals surface area contributed by atoms with Gasteiger partial charge in [0.15, 0.2) is 0 Å². The lowest BCUT2D eigenvalue weighted by Crippen LogP contribution is -1.96. The maximum absolute atomic E-state index is 6.43. The molecule has 0 saturated carbocycles. The largest absolute Gasteiger partial charge is 0.117 e. The molecule has 2 aromatic rings. The van der Waals surface area contributed by atoms with Gasteiger partial charge in [0.2, 0.25) is 0 Å². The Morgan fingerprint density at radius 2 is 1.82 bits per heavy atom. The number of alkyl halides is 1. The molecule has 0 heterocycles. The van der Waals surface area contributed by atoms with Gasteiger partial charge in [-0.05, 0) is 36.6 Å². The van der Waals surface area contributed by atoms with Crippen molar-refractivity contribution in [3.05, 3.63) is 69.7 Å². The molecule has 0 amide bonds. The summed E-state index contributed by atoms with van der Waals surface area (Å²) in [6.45, 7) is 2.10. The van der Waals surface area contributed by atoms with Crippen LogP contribution in [0.2, 0.25) is 0 Å². The van der Waals surface area contributed by atoms with Crippen molar-refractivity contribution in [1.29, 1.82) is 0 Å². The van der Waals surface area contributed by atoms with Crippen LogP contribution in [0.4, 0.5) is 0 Å². The van der Waals surface area contributed by atoms with Gasteiger partial charge in [-0.15, -0.1) is 11.6 Å². The Hall–Kier alpha value is -0.790. The van der Waals surface area contributed by atoms with Gasteiger partial charge in [0.05, 0.1) is 5.38 Å². The Morgan fingerprint density at radius 3 is 2.47 bits per heavy atom. The van der Waals surface area contributed by atoms with E-state index in [1.165, 1.54) is 11.1 Å². The van der Waals surface area contributed by atoms with E-state index in [0.717, 1.165) is 16.5 Å². The van der Waals surface area contributed by atoms with Gasteiger partial charge >= 0.3 is 0 Å². The highest BCUT2D eigenvalue weighted by Gasteiger charge is 2.08. The highest BCUT2D eigenvalue weighted by Crippen LogP contribution is 2.26. The van der Waals surface area contributed by atoms with Crippen LogP contribution in [0.1, 0.15) is 22.1 Å². The molecule has 0 nitrogen and oxygen atoms in total. The van der Waals surface area contributed by atoms with Crippen molar-refractivity contribution in [2.75, 3.05) is 0 Å². The first-order valence-electron chi connectivity index (χ1n) is 5.60. The fraction of sp³-hybridized carbons (Fsp3) is 0.200. The van der Waals surface area contributed by atoms with E-state index >= 15 is 0 Å². The van der Waals surface area contributed by atoms with Crippen LogP contribution in [-0.2, 0) is 6.42 Å². The van der Waals surface area contributed by atoms with Gasteiger partial charge in [0, 0.05) is 4.47 Å². The topological polar surface area (TPSA) is 0 Å². The van der Waals surface area contributed by atoms with Crippen molar-refractivity contribution in [1.82, 2.24) is 0 Å². The van der Waals surface area contributed by atoms with Crippen LogP contribution in [0.5, 0.6) is 0 Å². The first-order valence-corrected chi connectivity index (χ1v) is 6.83. The van der Waals surface area contributed by atoms with Crippen LogP contribution < -0.4 is 0 Å². The van der Waals surface area contributed by atoms with Crippen molar-refractivity contribution in [2.45, 2.75) is 18.7 Å². The number of halogens is 2. The fourth-order valence-corrected chi connectivity index (χ4v) is 2.42. The van der Waals surface area contributed by atoms with Crippen molar-refractivity contribution < 1.29 is 0 Å². The SMILES string of the molecule is Cc1cccc(CC(Cl)c2ccc(Br)cc2)c1. The summed E-state index contributed by atoms with van der Waals surface area (Å²) in [6.07, 6.45) is 0.866. The summed E-state index contributed by atoms with van der Waals surface area (Å²) >= 11 is 9.86. The van der Waals surface area contributed by atoms with Crippen LogP contribution >= 0.6 is 27.5 Å². The minimum Gasteiger partial charge on any atom is -0.117 e. The van der Waals surface area contributed by atoms with Crippen LogP contribution in [-0.4, -0.2) is 0 Å². The summed E-state index contributed by atoms with van der Waals surface area (Å²) in [6, 6.07) is 16.7. The molecule has 88 valence electrons. The lowest BCUT2D eigenvalue weighted by molar-refractivity contribution is 0.918. The normalized spacial score (nSPS) is 12.4. The molecule has 0 aromatic heterocycles. The van der Waals surface area contributed by atoms with Gasteiger partial charge in [-0.2, -0.15) is 0 Å². The summed E-state index contributed by atoms with van der Waals surface area (Å²) in [4.78, 5) is 0. The van der Waals surface area contributed by atoms with Crippen LogP contribution in [0, 0.1) is 6.92 Å². The van der Waals surface area contributed by atoms with E-state index < -0.39 is 0 Å². The number of benzene rings is 2. The zero-order chi connectivity index (χ0) is 12.3. The molecule has 0 aliphatic heterocycles. The molecule has 17 heavy (non-hydrogen) atoms. The standard InChI is InChI=1S/C15H14BrCl/c1-11-3-2-4-12(9-11)10-15(17)13-5-7-14(16)8-6-13/h2-9,15H,10H2,1H3. The highest BCUT2D eigenvalue weighted by molar-refractivity contribution is 9.10. The average Bonchev–Trinajstić information content (AvgIpc) is 2.29. The molecule has 0 spiro atoms. The maximum atomic E-state index is 6.43. The molecule has 2 heteroatoms. The second-order valence-electron chi connectivity index (χ2n) is 4.21. The monoisotopic (exact) mass is 308 g/mol. The molecule has 2 aromatic carbocycles. The fourth-order valence-electron chi connectivity index (χ4n) is 1.84. The number of hydrogen-bond donors (Lipinski definition) is 0. The first kappa shape index (κ1) is 12.7. The third-order valence-corrected chi connectivity index (χ3v) is 3.66. The summed E-state index contributed by atoms with van der Waals surface area (Å²) < 4.78 is 1.08. The molecule has 2 rings (SSSR count). The van der Waals surface area contributed by atoms with Gasteiger partial charge in [-0.25, -0.2) is 0 Å². The van der Waals surface area contributed by atoms with E-state index in [9.17, 15) is 0 Å². The van der Waals surface area contributed by atoms with E-state index in [0.29, 0.717) is 0 Å². The number of hydrogen-bond acceptors (Lipinski definition) is 0. The molecule has 0 aliphatic carbocycles. The van der Waals surface area contributed by atoms with Gasteiger partial charge in [0.1, 0.15) is 0 Å². The predicted octanol–water partition coefficient (Wildman–Crippen LogP) is 5.28. The number of aryl methyl sites for hydroxylation is 1. The Balaban J connectivity index is 2.11. The summed E-state index contributed by atoms with van der Waals surface area (Å²) in [5.41, 5.74) is 3.73. The van der Waals surface area contributed by atoms with E-state index in [2.05, 4.69) is 59.3 Å². The third-order valence-electron chi connectivity index (χ3n) is 2.73. The minimum absolute atomic E-state index is 0.0323. The minimum atomic E-state index is 0.0323. The molecule has 0 radical (unpaired) electrons. The van der Waals surface area contributed by atoms with Gasteiger partial charge in [0.25, 0.3) is 0 Å². The molecule has 1 atom stereocenters. The van der Waals surface area contributed by atoms with Crippen molar-refractivity contribution in [2.24, 2.45) is 0 Å².